The van der Waals surface area contributed by atoms with Crippen molar-refractivity contribution in [1.82, 2.24) is 0 Å². The molecule has 0 spiro atoms. The lowest BCUT2D eigenvalue weighted by molar-refractivity contribution is 0.102. The number of carbonyl (C=O) groups excluding carboxylic acids is 1. The van der Waals surface area contributed by atoms with Gasteiger partial charge >= 0.3 is 0 Å². The van der Waals surface area contributed by atoms with Gasteiger partial charge in [-0.25, -0.2) is 12.8 Å². The lowest BCUT2D eigenvalue weighted by Gasteiger charge is -2.21. The van der Waals surface area contributed by atoms with Gasteiger partial charge in [-0.1, -0.05) is 44.5 Å². The van der Waals surface area contributed by atoms with E-state index in [1.807, 2.05) is 26.8 Å². The zero-order valence-electron chi connectivity index (χ0n) is 18.2. The van der Waals surface area contributed by atoms with Crippen molar-refractivity contribution in [3.05, 3.63) is 88.2 Å². The minimum Gasteiger partial charge on any atom is -0.322 e. The highest BCUT2D eigenvalue weighted by molar-refractivity contribution is 7.92. The minimum atomic E-state index is -3.82. The maximum absolute atomic E-state index is 13.3. The number of rotatable bonds is 5. The van der Waals surface area contributed by atoms with E-state index in [1.165, 1.54) is 36.4 Å². The molecular weight excluding hydrogens is 451 g/mol. The van der Waals surface area contributed by atoms with Crippen molar-refractivity contribution in [1.29, 1.82) is 0 Å². The molecule has 0 aliphatic carbocycles. The smallest absolute Gasteiger partial charge is 0.262 e. The van der Waals surface area contributed by atoms with Crippen LogP contribution < -0.4 is 10.0 Å². The number of hydrogen-bond acceptors (Lipinski definition) is 3. The number of nitrogens with one attached hydrogen (secondary N) is 2. The molecule has 0 unspecified atom stereocenters. The molecule has 3 rings (SSSR count). The molecule has 0 heterocycles. The lowest BCUT2D eigenvalue weighted by Crippen LogP contribution is -2.17. The van der Waals surface area contributed by atoms with Gasteiger partial charge in [-0.3, -0.25) is 9.52 Å². The maximum Gasteiger partial charge on any atom is 0.262 e. The Balaban J connectivity index is 1.78. The van der Waals surface area contributed by atoms with E-state index >= 15 is 0 Å². The van der Waals surface area contributed by atoms with Gasteiger partial charge in [0, 0.05) is 16.9 Å². The third-order valence-electron chi connectivity index (χ3n) is 4.92. The molecule has 3 aromatic rings. The molecule has 168 valence electrons. The van der Waals surface area contributed by atoms with Crippen molar-refractivity contribution in [3.8, 4) is 0 Å². The molecular formula is C24H24ClFN2O3S. The summed E-state index contributed by atoms with van der Waals surface area (Å²) >= 11 is 5.73. The van der Waals surface area contributed by atoms with E-state index in [1.54, 1.807) is 19.1 Å². The van der Waals surface area contributed by atoms with Gasteiger partial charge in [0.05, 0.1) is 9.92 Å². The van der Waals surface area contributed by atoms with E-state index in [2.05, 4.69) is 10.0 Å². The van der Waals surface area contributed by atoms with Gasteiger partial charge in [0.25, 0.3) is 15.9 Å². The largest absolute Gasteiger partial charge is 0.322 e. The fourth-order valence-electron chi connectivity index (χ4n) is 3.03. The predicted molar refractivity (Wildman–Crippen MR) is 126 cm³/mol. The normalized spacial score (nSPS) is 11.8. The summed E-state index contributed by atoms with van der Waals surface area (Å²) in [5.74, 6) is -1.01. The average molecular weight is 475 g/mol. The molecule has 0 fully saturated rings. The lowest BCUT2D eigenvalue weighted by atomic mass is 9.87. The molecule has 0 aliphatic rings. The SMILES string of the molecule is Cc1ccc(C(C)(C)C)cc1S(=O)(=O)Nc1ccc(C(=O)Nc2ccc(F)c(Cl)c2)cc1. The number of benzene rings is 3. The van der Waals surface area contributed by atoms with Crippen LogP contribution in [0.5, 0.6) is 0 Å². The third kappa shape index (κ3) is 5.47. The van der Waals surface area contributed by atoms with Crippen LogP contribution in [0.3, 0.4) is 0 Å². The fraction of sp³-hybridized carbons (Fsp3) is 0.208. The summed E-state index contributed by atoms with van der Waals surface area (Å²) in [6.45, 7) is 7.80. The Kier molecular flexibility index (Phi) is 6.62. The number of halogens is 2. The number of carbonyl (C=O) groups is 1. The third-order valence-corrected chi connectivity index (χ3v) is 6.73. The number of aryl methyl sites for hydroxylation is 1. The van der Waals surface area contributed by atoms with Crippen LogP contribution in [-0.2, 0) is 15.4 Å². The van der Waals surface area contributed by atoms with Crippen LogP contribution in [0.15, 0.2) is 65.6 Å². The first kappa shape index (κ1) is 23.8. The maximum atomic E-state index is 13.3. The van der Waals surface area contributed by atoms with Crippen LogP contribution in [0.2, 0.25) is 5.02 Å². The van der Waals surface area contributed by atoms with Gasteiger partial charge in [-0.05, 0) is 72.0 Å². The van der Waals surface area contributed by atoms with Crippen LogP contribution in [0.1, 0.15) is 42.3 Å². The Morgan fingerprint density at radius 3 is 2.16 bits per heavy atom. The monoisotopic (exact) mass is 474 g/mol. The van der Waals surface area contributed by atoms with E-state index in [-0.39, 0.29) is 15.3 Å². The topological polar surface area (TPSA) is 75.3 Å². The van der Waals surface area contributed by atoms with Crippen LogP contribution in [-0.4, -0.2) is 14.3 Å². The standard InChI is InChI=1S/C24H24ClFN2O3S/c1-15-5-8-17(24(2,3)4)13-22(15)32(30,31)28-18-9-6-16(7-10-18)23(29)27-19-11-12-21(26)20(25)14-19/h5-14,28H,1-4H3,(H,27,29). The summed E-state index contributed by atoms with van der Waals surface area (Å²) in [6.07, 6.45) is 0. The molecule has 0 radical (unpaired) electrons. The summed E-state index contributed by atoms with van der Waals surface area (Å²) in [6, 6.07) is 15.3. The second-order valence-corrected chi connectivity index (χ2v) is 10.6. The fourth-order valence-corrected chi connectivity index (χ4v) is 4.54. The van der Waals surface area contributed by atoms with Crippen molar-refractivity contribution in [2.45, 2.75) is 38.0 Å². The highest BCUT2D eigenvalue weighted by Crippen LogP contribution is 2.28. The number of hydrogen-bond donors (Lipinski definition) is 2. The van der Waals surface area contributed by atoms with Crippen LogP contribution in [0.25, 0.3) is 0 Å². The second-order valence-electron chi connectivity index (χ2n) is 8.50. The molecule has 1 amide bonds. The molecule has 32 heavy (non-hydrogen) atoms. The van der Waals surface area contributed by atoms with E-state index in [0.29, 0.717) is 22.5 Å². The first-order valence-electron chi connectivity index (χ1n) is 9.87. The van der Waals surface area contributed by atoms with Crippen molar-refractivity contribution in [3.63, 3.8) is 0 Å². The summed E-state index contributed by atoms with van der Waals surface area (Å²) in [5.41, 5.74) is 2.34. The van der Waals surface area contributed by atoms with Crippen molar-refractivity contribution in [2.24, 2.45) is 0 Å². The number of sulfonamides is 1. The van der Waals surface area contributed by atoms with E-state index < -0.39 is 21.7 Å². The Bertz CT molecular complexity index is 1270. The summed E-state index contributed by atoms with van der Waals surface area (Å²) in [5, 5.41) is 2.52. The van der Waals surface area contributed by atoms with Gasteiger partial charge in [0.1, 0.15) is 5.82 Å². The molecule has 0 aliphatic heterocycles. The molecule has 0 atom stereocenters. The summed E-state index contributed by atoms with van der Waals surface area (Å²) in [4.78, 5) is 12.6. The van der Waals surface area contributed by atoms with Gasteiger partial charge in [-0.15, -0.1) is 0 Å². The molecule has 2 N–H and O–H groups in total. The summed E-state index contributed by atoms with van der Waals surface area (Å²) in [7, 11) is -3.82. The molecule has 8 heteroatoms. The molecule has 0 bridgehead atoms. The van der Waals surface area contributed by atoms with Gasteiger partial charge < -0.3 is 5.32 Å². The Morgan fingerprint density at radius 1 is 0.938 bits per heavy atom. The Labute approximate surface area is 192 Å². The zero-order valence-corrected chi connectivity index (χ0v) is 19.7. The number of amides is 1. The molecule has 0 saturated carbocycles. The minimum absolute atomic E-state index is 0.0987. The Morgan fingerprint density at radius 2 is 1.56 bits per heavy atom. The van der Waals surface area contributed by atoms with E-state index in [0.717, 1.165) is 11.6 Å². The average Bonchev–Trinajstić information content (AvgIpc) is 2.70. The number of anilines is 2. The zero-order chi connectivity index (χ0) is 23.7. The van der Waals surface area contributed by atoms with Crippen LogP contribution in [0, 0.1) is 12.7 Å². The van der Waals surface area contributed by atoms with Gasteiger partial charge in [0.15, 0.2) is 0 Å². The van der Waals surface area contributed by atoms with E-state index in [4.69, 9.17) is 11.6 Å². The quantitative estimate of drug-likeness (QED) is 0.466. The predicted octanol–water partition coefficient (Wildman–Crippen LogP) is 6.14. The molecule has 0 aromatic heterocycles. The van der Waals surface area contributed by atoms with Crippen LogP contribution >= 0.6 is 11.6 Å². The highest BCUT2D eigenvalue weighted by Gasteiger charge is 2.21. The second kappa shape index (κ2) is 8.92. The van der Waals surface area contributed by atoms with Gasteiger partial charge in [0.2, 0.25) is 0 Å². The van der Waals surface area contributed by atoms with Crippen molar-refractivity contribution < 1.29 is 17.6 Å². The van der Waals surface area contributed by atoms with Gasteiger partial charge in [-0.2, -0.15) is 0 Å². The van der Waals surface area contributed by atoms with E-state index in [9.17, 15) is 17.6 Å². The van der Waals surface area contributed by atoms with Crippen LogP contribution in [0.4, 0.5) is 15.8 Å². The highest BCUT2D eigenvalue weighted by atomic mass is 35.5. The molecule has 3 aromatic carbocycles. The summed E-state index contributed by atoms with van der Waals surface area (Å²) < 4.78 is 41.8. The molecule has 5 nitrogen and oxygen atoms in total. The van der Waals surface area contributed by atoms with Crippen molar-refractivity contribution >= 4 is 38.9 Å². The first-order chi connectivity index (χ1) is 14.9. The molecule has 0 saturated heterocycles. The Hall–Kier alpha value is -2.90. The van der Waals surface area contributed by atoms with Crippen molar-refractivity contribution in [2.75, 3.05) is 10.0 Å². The first-order valence-corrected chi connectivity index (χ1v) is 11.7.